The lowest BCUT2D eigenvalue weighted by Gasteiger charge is -2.39. The summed E-state index contributed by atoms with van der Waals surface area (Å²) in [6.07, 6.45) is 9.03. The number of nitrogens with one attached hydrogen (secondary N) is 1. The molecule has 3 atom stereocenters. The van der Waals surface area contributed by atoms with Gasteiger partial charge in [-0.1, -0.05) is 26.0 Å². The highest BCUT2D eigenvalue weighted by Gasteiger charge is 2.49. The molecule has 5 nitrogen and oxygen atoms in total. The van der Waals surface area contributed by atoms with Crippen molar-refractivity contribution in [3.63, 3.8) is 0 Å². The molecular formula is C21H31N3O2. The van der Waals surface area contributed by atoms with Crippen LogP contribution < -0.4 is 5.32 Å². The van der Waals surface area contributed by atoms with E-state index in [1.807, 2.05) is 12.1 Å². The van der Waals surface area contributed by atoms with Crippen molar-refractivity contribution >= 4 is 11.4 Å². The van der Waals surface area contributed by atoms with Gasteiger partial charge in [0.25, 0.3) is 5.69 Å². The molecule has 0 aromatic heterocycles. The van der Waals surface area contributed by atoms with Gasteiger partial charge in [-0.15, -0.1) is 0 Å². The fourth-order valence-electron chi connectivity index (χ4n) is 5.78. The molecule has 2 aliphatic heterocycles. The van der Waals surface area contributed by atoms with Crippen LogP contribution in [0, 0.1) is 22.0 Å². The van der Waals surface area contributed by atoms with Crippen LogP contribution >= 0.6 is 0 Å². The van der Waals surface area contributed by atoms with Gasteiger partial charge in [0, 0.05) is 30.2 Å². The minimum absolute atomic E-state index is 0.194. The van der Waals surface area contributed by atoms with E-state index in [9.17, 15) is 10.1 Å². The number of nitrogens with zero attached hydrogens (tertiary/aromatic N) is 2. The first-order chi connectivity index (χ1) is 12.5. The maximum absolute atomic E-state index is 11.3. The van der Waals surface area contributed by atoms with Crippen LogP contribution in [0.25, 0.3) is 0 Å². The molecule has 5 heteroatoms. The van der Waals surface area contributed by atoms with Crippen molar-refractivity contribution in [3.05, 3.63) is 34.4 Å². The van der Waals surface area contributed by atoms with E-state index < -0.39 is 0 Å². The summed E-state index contributed by atoms with van der Waals surface area (Å²) >= 11 is 0. The highest BCUT2D eigenvalue weighted by atomic mass is 16.6. The van der Waals surface area contributed by atoms with Gasteiger partial charge in [0.15, 0.2) is 0 Å². The van der Waals surface area contributed by atoms with Crippen molar-refractivity contribution in [2.45, 2.75) is 83.0 Å². The molecule has 0 spiro atoms. The van der Waals surface area contributed by atoms with Gasteiger partial charge in [-0.3, -0.25) is 15.0 Å². The molecule has 0 amide bonds. The van der Waals surface area contributed by atoms with Crippen LogP contribution in [0.1, 0.15) is 58.8 Å². The molecule has 2 bridgehead atoms. The molecule has 1 N–H and O–H groups in total. The topological polar surface area (TPSA) is 58.4 Å². The van der Waals surface area contributed by atoms with Gasteiger partial charge in [0.1, 0.15) is 5.69 Å². The van der Waals surface area contributed by atoms with Crippen LogP contribution in [0.4, 0.5) is 11.4 Å². The molecule has 2 saturated heterocycles. The summed E-state index contributed by atoms with van der Waals surface area (Å²) in [4.78, 5) is 13.8. The summed E-state index contributed by atoms with van der Waals surface area (Å²) in [5, 5.41) is 14.8. The van der Waals surface area contributed by atoms with Gasteiger partial charge in [0.2, 0.25) is 0 Å². The molecule has 1 aromatic carbocycles. The number of rotatable bonds is 5. The molecule has 2 heterocycles. The van der Waals surface area contributed by atoms with Gasteiger partial charge in [0.05, 0.1) is 4.92 Å². The Bertz CT molecular complexity index is 654. The van der Waals surface area contributed by atoms with Crippen molar-refractivity contribution < 1.29 is 4.92 Å². The van der Waals surface area contributed by atoms with Crippen molar-refractivity contribution in [1.82, 2.24) is 4.90 Å². The average Bonchev–Trinajstić information content (AvgIpc) is 3.19. The lowest BCUT2D eigenvalue weighted by Crippen LogP contribution is -2.44. The number of benzene rings is 1. The standard InChI is InChI=1S/C21H31N3O2/c1-14(2)15-7-9-16(10-8-15)23-17-11-12-20(23)19(13-17)22-18-5-3-4-6-21(18)24(25)26/h3-6,14-17,19-20,22H,7-13H2,1-2H3/t15-,16+,17-,19+,20+/m0/s1. The van der Waals surface area contributed by atoms with Crippen LogP contribution in [0.2, 0.25) is 0 Å². The first-order valence-corrected chi connectivity index (χ1v) is 10.3. The van der Waals surface area contributed by atoms with E-state index in [1.54, 1.807) is 12.1 Å². The minimum Gasteiger partial charge on any atom is -0.375 e. The monoisotopic (exact) mass is 357 g/mol. The SMILES string of the molecule is CC(C)[C@H]1CC[C@@H](N2[C@H]3CC[C@@H]2[C@H](Nc2ccccc2[N+](=O)[O-])C3)CC1. The Hall–Kier alpha value is -1.62. The highest BCUT2D eigenvalue weighted by Crippen LogP contribution is 2.45. The zero-order valence-electron chi connectivity index (χ0n) is 15.9. The Balaban J connectivity index is 1.44. The third-order valence-electron chi connectivity index (χ3n) is 7.14. The molecule has 3 aliphatic rings. The Morgan fingerprint density at radius 3 is 2.46 bits per heavy atom. The molecule has 0 radical (unpaired) electrons. The summed E-state index contributed by atoms with van der Waals surface area (Å²) in [5.41, 5.74) is 0.873. The van der Waals surface area contributed by atoms with E-state index >= 15 is 0 Å². The molecule has 1 aromatic rings. The normalized spacial score (nSPS) is 34.3. The molecule has 4 rings (SSSR count). The van der Waals surface area contributed by atoms with Crippen LogP contribution in [-0.2, 0) is 0 Å². The predicted molar refractivity (Wildman–Crippen MR) is 104 cm³/mol. The summed E-state index contributed by atoms with van der Waals surface area (Å²) in [6, 6.07) is 9.35. The highest BCUT2D eigenvalue weighted by molar-refractivity contribution is 5.62. The Kier molecular flexibility index (Phi) is 4.91. The number of hydrogen-bond donors (Lipinski definition) is 1. The number of nitro benzene ring substituents is 1. The summed E-state index contributed by atoms with van der Waals surface area (Å²) in [5.74, 6) is 1.70. The third kappa shape index (κ3) is 3.22. The maximum Gasteiger partial charge on any atom is 0.292 e. The van der Waals surface area contributed by atoms with E-state index in [-0.39, 0.29) is 10.6 Å². The number of fused-ring (bicyclic) bond motifs is 2. The quantitative estimate of drug-likeness (QED) is 0.606. The lowest BCUT2D eigenvalue weighted by atomic mass is 9.79. The predicted octanol–water partition coefficient (Wildman–Crippen LogP) is 4.83. The number of hydrogen-bond acceptors (Lipinski definition) is 4. The summed E-state index contributed by atoms with van der Waals surface area (Å²) in [6.45, 7) is 4.72. The van der Waals surface area contributed by atoms with Crippen molar-refractivity contribution in [1.29, 1.82) is 0 Å². The Labute approximate surface area is 156 Å². The van der Waals surface area contributed by atoms with Crippen molar-refractivity contribution in [2.75, 3.05) is 5.32 Å². The zero-order valence-corrected chi connectivity index (χ0v) is 15.9. The molecule has 0 unspecified atom stereocenters. The van der Waals surface area contributed by atoms with Gasteiger partial charge in [-0.2, -0.15) is 0 Å². The first-order valence-electron chi connectivity index (χ1n) is 10.3. The van der Waals surface area contributed by atoms with Crippen LogP contribution in [0.15, 0.2) is 24.3 Å². The molecule has 142 valence electrons. The van der Waals surface area contributed by atoms with Crippen molar-refractivity contribution in [3.8, 4) is 0 Å². The largest absolute Gasteiger partial charge is 0.375 e. The smallest absolute Gasteiger partial charge is 0.292 e. The molecule has 1 aliphatic carbocycles. The number of anilines is 1. The maximum atomic E-state index is 11.3. The van der Waals surface area contributed by atoms with Crippen LogP contribution in [-0.4, -0.2) is 34.0 Å². The second-order valence-electron chi connectivity index (χ2n) is 8.82. The van der Waals surface area contributed by atoms with Gasteiger partial charge in [-0.25, -0.2) is 0 Å². The number of para-hydroxylation sites is 2. The minimum atomic E-state index is -0.277. The van der Waals surface area contributed by atoms with Crippen LogP contribution in [0.5, 0.6) is 0 Å². The fraction of sp³-hybridized carbons (Fsp3) is 0.714. The Morgan fingerprint density at radius 2 is 1.77 bits per heavy atom. The third-order valence-corrected chi connectivity index (χ3v) is 7.14. The van der Waals surface area contributed by atoms with Gasteiger partial charge >= 0.3 is 0 Å². The van der Waals surface area contributed by atoms with E-state index in [0.29, 0.717) is 23.8 Å². The first kappa shape index (κ1) is 17.8. The average molecular weight is 357 g/mol. The van der Waals surface area contributed by atoms with E-state index in [4.69, 9.17) is 0 Å². The zero-order chi connectivity index (χ0) is 18.3. The lowest BCUT2D eigenvalue weighted by molar-refractivity contribution is -0.384. The molecule has 3 fully saturated rings. The van der Waals surface area contributed by atoms with Gasteiger partial charge < -0.3 is 5.32 Å². The van der Waals surface area contributed by atoms with Crippen molar-refractivity contribution in [2.24, 2.45) is 11.8 Å². The molecule has 1 saturated carbocycles. The molecular weight excluding hydrogens is 326 g/mol. The fourth-order valence-corrected chi connectivity index (χ4v) is 5.78. The van der Waals surface area contributed by atoms with E-state index in [0.717, 1.165) is 24.3 Å². The summed E-state index contributed by atoms with van der Waals surface area (Å²) in [7, 11) is 0. The summed E-state index contributed by atoms with van der Waals surface area (Å²) < 4.78 is 0. The second kappa shape index (κ2) is 7.18. The van der Waals surface area contributed by atoms with Gasteiger partial charge in [-0.05, 0) is 62.8 Å². The number of nitro groups is 1. The van der Waals surface area contributed by atoms with Crippen LogP contribution in [0.3, 0.4) is 0 Å². The molecule has 26 heavy (non-hydrogen) atoms. The second-order valence-corrected chi connectivity index (χ2v) is 8.82. The Morgan fingerprint density at radius 1 is 1.08 bits per heavy atom. The van der Waals surface area contributed by atoms with E-state index in [1.165, 1.54) is 38.5 Å². The van der Waals surface area contributed by atoms with E-state index in [2.05, 4.69) is 24.1 Å².